The van der Waals surface area contributed by atoms with Gasteiger partial charge in [-0.2, -0.15) is 0 Å². The summed E-state index contributed by atoms with van der Waals surface area (Å²) < 4.78 is 22.9. The zero-order valence-electron chi connectivity index (χ0n) is 10.5. The summed E-state index contributed by atoms with van der Waals surface area (Å²) in [5.74, 6) is 0. The van der Waals surface area contributed by atoms with Gasteiger partial charge in [-0.25, -0.2) is 8.42 Å². The fourth-order valence-corrected chi connectivity index (χ4v) is 3.75. The highest BCUT2D eigenvalue weighted by molar-refractivity contribution is 9.09. The summed E-state index contributed by atoms with van der Waals surface area (Å²) in [6.45, 7) is 0. The van der Waals surface area contributed by atoms with E-state index < -0.39 is 9.84 Å². The van der Waals surface area contributed by atoms with Crippen molar-refractivity contribution < 1.29 is 8.42 Å². The number of benzene rings is 2. The molecule has 0 bridgehead atoms. The summed E-state index contributed by atoms with van der Waals surface area (Å²) in [5, 5.41) is 1.14. The van der Waals surface area contributed by atoms with E-state index in [1.807, 2.05) is 6.07 Å². The van der Waals surface area contributed by atoms with Gasteiger partial charge in [-0.3, -0.25) is 0 Å². The summed E-state index contributed by atoms with van der Waals surface area (Å²) in [5.41, 5.74) is 1.80. The number of rotatable bonds is 3. The Morgan fingerprint density at radius 2 is 1.65 bits per heavy atom. The zero-order chi connectivity index (χ0) is 14.9. The third kappa shape index (κ3) is 3.55. The molecule has 0 amide bonds. The first-order chi connectivity index (χ1) is 9.29. The van der Waals surface area contributed by atoms with Crippen molar-refractivity contribution in [3.05, 3.63) is 63.6 Å². The molecule has 0 aliphatic carbocycles. The lowest BCUT2D eigenvalue weighted by Gasteiger charge is -2.13. The molecule has 0 saturated carbocycles. The molecule has 0 N–H and O–H groups in total. The highest BCUT2D eigenvalue weighted by Crippen LogP contribution is 2.36. The summed E-state index contributed by atoms with van der Waals surface area (Å²) in [6.07, 6.45) is 1.18. The molecule has 0 saturated heterocycles. The minimum Gasteiger partial charge on any atom is -0.224 e. The van der Waals surface area contributed by atoms with Crippen LogP contribution in [-0.2, 0) is 9.84 Å². The van der Waals surface area contributed by atoms with Crippen LogP contribution >= 0.6 is 39.1 Å². The van der Waals surface area contributed by atoms with Crippen molar-refractivity contribution in [2.75, 3.05) is 6.26 Å². The van der Waals surface area contributed by atoms with Crippen LogP contribution in [0.25, 0.3) is 0 Å². The van der Waals surface area contributed by atoms with Crippen molar-refractivity contribution in [2.45, 2.75) is 9.72 Å². The predicted octanol–water partition coefficient (Wildman–Crippen LogP) is 4.88. The van der Waals surface area contributed by atoms with E-state index in [0.29, 0.717) is 14.9 Å². The Bertz CT molecular complexity index is 727. The van der Waals surface area contributed by atoms with Crippen molar-refractivity contribution in [3.63, 3.8) is 0 Å². The largest absolute Gasteiger partial charge is 0.224 e. The fraction of sp³-hybridized carbons (Fsp3) is 0.143. The topological polar surface area (TPSA) is 34.1 Å². The molecule has 0 aliphatic heterocycles. The van der Waals surface area contributed by atoms with Gasteiger partial charge in [-0.15, -0.1) is 0 Å². The molecule has 1 unspecified atom stereocenters. The fourth-order valence-electron chi connectivity index (χ4n) is 1.77. The van der Waals surface area contributed by atoms with E-state index in [9.17, 15) is 8.42 Å². The van der Waals surface area contributed by atoms with Gasteiger partial charge in [0.25, 0.3) is 0 Å². The van der Waals surface area contributed by atoms with E-state index in [1.54, 1.807) is 36.4 Å². The van der Waals surface area contributed by atoms with Crippen LogP contribution < -0.4 is 0 Å². The van der Waals surface area contributed by atoms with Crippen molar-refractivity contribution in [1.29, 1.82) is 0 Å². The van der Waals surface area contributed by atoms with Crippen LogP contribution in [0, 0.1) is 0 Å². The molecule has 0 spiro atoms. The maximum absolute atomic E-state index is 11.4. The number of hydrogen-bond acceptors (Lipinski definition) is 2. The molecular formula is C14H11BrCl2O2S. The lowest BCUT2D eigenvalue weighted by molar-refractivity contribution is 0.602. The number of sulfone groups is 1. The monoisotopic (exact) mass is 392 g/mol. The molecule has 20 heavy (non-hydrogen) atoms. The summed E-state index contributed by atoms with van der Waals surface area (Å²) >= 11 is 15.6. The van der Waals surface area contributed by atoms with Crippen molar-refractivity contribution in [2.24, 2.45) is 0 Å². The normalized spacial score (nSPS) is 13.2. The van der Waals surface area contributed by atoms with Crippen LogP contribution in [0.1, 0.15) is 16.0 Å². The van der Waals surface area contributed by atoms with E-state index in [-0.39, 0.29) is 4.83 Å². The molecule has 2 rings (SSSR count). The van der Waals surface area contributed by atoms with Crippen LogP contribution in [0.3, 0.4) is 0 Å². The number of hydrogen-bond donors (Lipinski definition) is 0. The van der Waals surface area contributed by atoms with Crippen LogP contribution in [0.15, 0.2) is 47.4 Å². The summed E-state index contributed by atoms with van der Waals surface area (Å²) in [4.78, 5) is 0.170. The van der Waals surface area contributed by atoms with E-state index in [0.717, 1.165) is 11.1 Å². The maximum Gasteiger partial charge on any atom is 0.175 e. The Kier molecular flexibility index (Phi) is 4.80. The Hall–Kier alpha value is -0.550. The number of halogens is 3. The molecule has 0 aromatic heterocycles. The van der Waals surface area contributed by atoms with E-state index in [1.165, 1.54) is 6.26 Å². The standard InChI is InChI=1S/C14H11BrCl2O2S/c1-20(18,19)11-5-2-9(3-6-11)14(15)12-7-4-10(16)8-13(12)17/h2-8,14H,1H3. The third-order valence-corrected chi connectivity index (χ3v) is 5.55. The lowest BCUT2D eigenvalue weighted by atomic mass is 10.1. The average molecular weight is 394 g/mol. The van der Waals surface area contributed by atoms with Gasteiger partial charge in [0.15, 0.2) is 9.84 Å². The molecule has 2 aromatic carbocycles. The second-order valence-corrected chi connectivity index (χ2v) is 8.14. The second kappa shape index (κ2) is 6.06. The van der Waals surface area contributed by atoms with Gasteiger partial charge in [0, 0.05) is 16.3 Å². The Balaban J connectivity index is 2.36. The molecule has 1 atom stereocenters. The van der Waals surface area contributed by atoms with Crippen LogP contribution in [0.2, 0.25) is 10.0 Å². The smallest absolute Gasteiger partial charge is 0.175 e. The minimum absolute atomic E-state index is 0.124. The zero-order valence-corrected chi connectivity index (χ0v) is 14.4. The van der Waals surface area contributed by atoms with Gasteiger partial charge in [0.2, 0.25) is 0 Å². The van der Waals surface area contributed by atoms with E-state index >= 15 is 0 Å². The van der Waals surface area contributed by atoms with Gasteiger partial charge < -0.3 is 0 Å². The highest BCUT2D eigenvalue weighted by atomic mass is 79.9. The second-order valence-electron chi connectivity index (χ2n) is 4.37. The van der Waals surface area contributed by atoms with Crippen molar-refractivity contribution in [3.8, 4) is 0 Å². The molecule has 106 valence electrons. The first-order valence-corrected chi connectivity index (χ1v) is 9.24. The summed E-state index contributed by atoms with van der Waals surface area (Å²) in [6, 6.07) is 12.0. The van der Waals surface area contributed by atoms with E-state index in [2.05, 4.69) is 15.9 Å². The molecule has 2 nitrogen and oxygen atoms in total. The van der Waals surface area contributed by atoms with Crippen molar-refractivity contribution in [1.82, 2.24) is 0 Å². The lowest BCUT2D eigenvalue weighted by Crippen LogP contribution is -1.98. The average Bonchev–Trinajstić information content (AvgIpc) is 2.37. The van der Waals surface area contributed by atoms with Gasteiger partial charge in [-0.1, -0.05) is 57.3 Å². The summed E-state index contributed by atoms with van der Waals surface area (Å²) in [7, 11) is -3.18. The third-order valence-electron chi connectivity index (χ3n) is 2.84. The van der Waals surface area contributed by atoms with Crippen LogP contribution in [0.5, 0.6) is 0 Å². The quantitative estimate of drug-likeness (QED) is 0.696. The molecule has 2 aromatic rings. The first-order valence-electron chi connectivity index (χ1n) is 5.68. The highest BCUT2D eigenvalue weighted by Gasteiger charge is 2.15. The molecule has 0 heterocycles. The molecule has 0 radical (unpaired) electrons. The predicted molar refractivity (Wildman–Crippen MR) is 86.8 cm³/mol. The van der Waals surface area contributed by atoms with Gasteiger partial charge in [0.1, 0.15) is 0 Å². The SMILES string of the molecule is CS(=O)(=O)c1ccc(C(Br)c2ccc(Cl)cc2Cl)cc1. The first kappa shape index (κ1) is 15.8. The maximum atomic E-state index is 11.4. The van der Waals surface area contributed by atoms with Crippen LogP contribution in [-0.4, -0.2) is 14.7 Å². The van der Waals surface area contributed by atoms with Gasteiger partial charge >= 0.3 is 0 Å². The molecule has 0 aliphatic rings. The Morgan fingerprint density at radius 1 is 1.05 bits per heavy atom. The minimum atomic E-state index is -3.18. The van der Waals surface area contributed by atoms with Crippen LogP contribution in [0.4, 0.5) is 0 Å². The molecule has 6 heteroatoms. The Morgan fingerprint density at radius 3 is 2.15 bits per heavy atom. The van der Waals surface area contributed by atoms with Gasteiger partial charge in [-0.05, 0) is 35.4 Å². The number of alkyl halides is 1. The van der Waals surface area contributed by atoms with E-state index in [4.69, 9.17) is 23.2 Å². The molecular weight excluding hydrogens is 383 g/mol. The Labute approximate surface area is 136 Å². The van der Waals surface area contributed by atoms with Crippen molar-refractivity contribution >= 4 is 49.0 Å². The van der Waals surface area contributed by atoms with Gasteiger partial charge in [0.05, 0.1) is 9.72 Å². The molecule has 0 fully saturated rings.